The van der Waals surface area contributed by atoms with Gasteiger partial charge in [0, 0.05) is 73.3 Å². The number of aliphatic hydroxyl groups excluding tert-OH is 1. The number of benzene rings is 3. The molecule has 3 nitrogen and oxygen atoms in total. The predicted octanol–water partition coefficient (Wildman–Crippen LogP) is 14.7. The number of pyridine rings is 1. The molecule has 0 spiro atoms. The monoisotopic (exact) mass is 925 g/mol. The summed E-state index contributed by atoms with van der Waals surface area (Å²) < 4.78 is 4.00. The summed E-state index contributed by atoms with van der Waals surface area (Å²) in [7, 11) is 0. The molecule has 0 amide bonds. The average Bonchev–Trinajstić information content (AvgIpc) is 3.64. The van der Waals surface area contributed by atoms with Crippen LogP contribution in [0.15, 0.2) is 66.6 Å². The van der Waals surface area contributed by atoms with Crippen LogP contribution in [-0.4, -0.2) is 15.9 Å². The minimum absolute atomic E-state index is 0. The van der Waals surface area contributed by atoms with Gasteiger partial charge < -0.3 is 5.11 Å². The number of carbonyl (C=O) groups is 1. The van der Waals surface area contributed by atoms with Gasteiger partial charge in [0.05, 0.1) is 0 Å². The van der Waals surface area contributed by atoms with Crippen molar-refractivity contribution < 1.29 is 30.0 Å². The van der Waals surface area contributed by atoms with E-state index in [4.69, 9.17) is 4.98 Å². The summed E-state index contributed by atoms with van der Waals surface area (Å²) >= 11 is 3.84. The number of aliphatic hydroxyl groups is 1. The van der Waals surface area contributed by atoms with Crippen molar-refractivity contribution in [3.05, 3.63) is 88.6 Å². The number of aryl methyl sites for hydroxylation is 1. The summed E-state index contributed by atoms with van der Waals surface area (Å²) in [6.07, 6.45) is 7.88. The van der Waals surface area contributed by atoms with Crippen molar-refractivity contribution in [2.24, 2.45) is 16.7 Å². The molecule has 1 radical (unpaired) electrons. The van der Waals surface area contributed by atoms with Gasteiger partial charge in [0.25, 0.3) is 0 Å². The van der Waals surface area contributed by atoms with Gasteiger partial charge >= 0.3 is 0 Å². The molecule has 3 aromatic heterocycles. The van der Waals surface area contributed by atoms with Gasteiger partial charge in [0.2, 0.25) is 0 Å². The van der Waals surface area contributed by atoms with Crippen LogP contribution in [0.2, 0.25) is 0 Å². The summed E-state index contributed by atoms with van der Waals surface area (Å²) in [5.41, 5.74) is 4.36. The fourth-order valence-electron chi connectivity index (χ4n) is 6.88. The molecule has 0 fully saturated rings. The average molecular weight is 925 g/mol. The number of hydrogen-bond donors (Lipinski definition) is 1. The van der Waals surface area contributed by atoms with Crippen LogP contribution >= 0.6 is 22.7 Å². The van der Waals surface area contributed by atoms with E-state index in [1.165, 1.54) is 57.7 Å². The van der Waals surface area contributed by atoms with E-state index in [2.05, 4.69) is 96.1 Å². The van der Waals surface area contributed by atoms with Gasteiger partial charge in [-0.05, 0) is 84.9 Å². The first-order chi connectivity index (χ1) is 24.5. The van der Waals surface area contributed by atoms with Gasteiger partial charge in [0.15, 0.2) is 5.78 Å². The van der Waals surface area contributed by atoms with E-state index in [-0.39, 0.29) is 47.9 Å². The predicted molar refractivity (Wildman–Crippen MR) is 229 cm³/mol. The van der Waals surface area contributed by atoms with Crippen LogP contribution in [0.1, 0.15) is 118 Å². The Morgan fingerprint density at radius 1 is 0.830 bits per heavy atom. The Hall–Kier alpha value is -2.89. The first-order valence-corrected chi connectivity index (χ1v) is 20.8. The van der Waals surface area contributed by atoms with E-state index in [9.17, 15) is 9.90 Å². The van der Waals surface area contributed by atoms with Crippen LogP contribution in [0.25, 0.3) is 52.3 Å². The Morgan fingerprint density at radius 3 is 2.04 bits per heavy atom. The molecule has 6 heteroatoms. The molecule has 0 unspecified atom stereocenters. The number of hydrogen-bond acceptors (Lipinski definition) is 5. The number of nitrogens with zero attached hydrogens (tertiary/aromatic N) is 1. The zero-order valence-corrected chi connectivity index (χ0v) is 37.9. The molecule has 0 saturated heterocycles. The van der Waals surface area contributed by atoms with E-state index in [0.717, 1.165) is 48.7 Å². The Balaban J connectivity index is 0.000000299. The van der Waals surface area contributed by atoms with Crippen molar-refractivity contribution in [1.82, 2.24) is 4.98 Å². The molecular weight excluding hydrogens is 867 g/mol. The molecule has 0 aliphatic rings. The van der Waals surface area contributed by atoms with E-state index >= 15 is 0 Å². The third-order valence-electron chi connectivity index (χ3n) is 11.6. The number of fused-ring (bicyclic) bond motifs is 5. The third kappa shape index (κ3) is 8.67. The Kier molecular flexibility index (Phi) is 13.6. The van der Waals surface area contributed by atoms with Gasteiger partial charge in [-0.25, -0.2) is 0 Å². The fraction of sp³-hybridized carbons (Fsp3) is 0.447. The van der Waals surface area contributed by atoms with Crippen molar-refractivity contribution in [2.45, 2.75) is 121 Å². The summed E-state index contributed by atoms with van der Waals surface area (Å²) in [4.78, 5) is 18.6. The fourth-order valence-corrected chi connectivity index (χ4v) is 9.55. The molecule has 3 aromatic carbocycles. The molecule has 6 rings (SSSR count). The van der Waals surface area contributed by atoms with Crippen molar-refractivity contribution in [3.63, 3.8) is 0 Å². The zero-order valence-electron chi connectivity index (χ0n) is 33.8. The van der Waals surface area contributed by atoms with Crippen LogP contribution in [-0.2, 0) is 36.7 Å². The minimum atomic E-state index is -0.337. The second-order valence-electron chi connectivity index (χ2n) is 16.6. The quantitative estimate of drug-likeness (QED) is 0.0846. The third-order valence-corrected chi connectivity index (χ3v) is 14.0. The molecule has 0 saturated carbocycles. The van der Waals surface area contributed by atoms with Gasteiger partial charge in [-0.3, -0.25) is 9.78 Å². The maximum atomic E-state index is 12.2. The molecule has 0 aliphatic heterocycles. The van der Waals surface area contributed by atoms with Gasteiger partial charge in [-0.15, -0.1) is 51.8 Å². The Morgan fingerprint density at radius 2 is 1.43 bits per heavy atom. The molecule has 53 heavy (non-hydrogen) atoms. The molecular formula is C47H58IrNO2S2-. The molecule has 0 atom stereocenters. The standard InChI is InChI=1S/C32H30NS2.C15H28O2.Ir/c1-18(2)13-27-19(3)24-16-29-25(17-28(24)34-27)23-11-12-33-30(31(23)35-29)21-14-20-9-7-8-10-22(20)26(15-21)32(4,5)6;1-7-14(5,8-2)12(16)11-13(17)15(6,9-3)10-4;/h7-12,15-18H,13H2,1-6H3;11,16H,7-10H2,1-6H3;/q-1;;/b;12-11-;. The maximum Gasteiger partial charge on any atom is 0.164 e. The molecule has 0 aliphatic carbocycles. The Bertz CT molecular complexity index is 2260. The molecule has 0 bridgehead atoms. The number of ketones is 1. The van der Waals surface area contributed by atoms with Gasteiger partial charge in [-0.1, -0.05) is 105 Å². The zero-order chi connectivity index (χ0) is 38.2. The summed E-state index contributed by atoms with van der Waals surface area (Å²) in [6, 6.07) is 21.6. The SMILES string of the molecule is CCC(C)(CC)C(=O)/C=C(\O)C(C)(CC)CC.Cc1c(CC(C)C)sc2cc3c(cc12)sc1c(-c2[c-]c4ccccc4c(C(C)(C)C)c2)nccc13.[Ir]. The first-order valence-electron chi connectivity index (χ1n) is 19.1. The summed E-state index contributed by atoms with van der Waals surface area (Å²) in [5.74, 6) is 0.960. The molecule has 3 heterocycles. The Labute approximate surface area is 339 Å². The van der Waals surface area contributed by atoms with Gasteiger partial charge in [-0.2, -0.15) is 0 Å². The normalized spacial score (nSPS) is 12.8. The number of allylic oxidation sites excluding steroid dienone is 2. The van der Waals surface area contributed by atoms with E-state index in [0.29, 0.717) is 5.92 Å². The topological polar surface area (TPSA) is 50.2 Å². The number of carbonyl (C=O) groups excluding carboxylic acids is 1. The molecule has 6 aromatic rings. The largest absolute Gasteiger partial charge is 0.512 e. The number of thiophene rings is 2. The minimum Gasteiger partial charge on any atom is -0.512 e. The first kappa shape index (κ1) is 42.8. The van der Waals surface area contributed by atoms with Crippen molar-refractivity contribution in [3.8, 4) is 11.3 Å². The van der Waals surface area contributed by atoms with Crippen LogP contribution in [0.4, 0.5) is 0 Å². The summed E-state index contributed by atoms with van der Waals surface area (Å²) in [5, 5.41) is 16.6. The van der Waals surface area contributed by atoms with Crippen molar-refractivity contribution in [2.75, 3.05) is 0 Å². The summed E-state index contributed by atoms with van der Waals surface area (Å²) in [6.45, 7) is 25.8. The van der Waals surface area contributed by atoms with Crippen LogP contribution in [0.3, 0.4) is 0 Å². The smallest absolute Gasteiger partial charge is 0.164 e. The van der Waals surface area contributed by atoms with Crippen LogP contribution in [0.5, 0.6) is 0 Å². The van der Waals surface area contributed by atoms with E-state index < -0.39 is 0 Å². The molecule has 285 valence electrons. The van der Waals surface area contributed by atoms with E-state index in [1.54, 1.807) is 0 Å². The van der Waals surface area contributed by atoms with Crippen LogP contribution in [0, 0.1) is 29.7 Å². The van der Waals surface area contributed by atoms with E-state index in [1.807, 2.05) is 70.4 Å². The van der Waals surface area contributed by atoms with Crippen molar-refractivity contribution in [1.29, 1.82) is 0 Å². The number of rotatable bonds is 10. The number of aromatic nitrogens is 1. The second kappa shape index (κ2) is 16.9. The second-order valence-corrected chi connectivity index (χ2v) is 18.7. The van der Waals surface area contributed by atoms with Crippen molar-refractivity contribution >= 4 is 69.5 Å². The maximum absolute atomic E-state index is 12.2. The molecule has 1 N–H and O–H groups in total. The van der Waals surface area contributed by atoms with Gasteiger partial charge in [0.1, 0.15) is 5.76 Å². The van der Waals surface area contributed by atoms with Crippen LogP contribution < -0.4 is 0 Å².